The molecule has 0 amide bonds. The van der Waals surface area contributed by atoms with Gasteiger partial charge < -0.3 is 5.32 Å². The second-order valence-corrected chi connectivity index (χ2v) is 4.32. The van der Waals surface area contributed by atoms with Gasteiger partial charge in [-0.25, -0.2) is 0 Å². The Hall–Kier alpha value is -0.340. The lowest BCUT2D eigenvalue weighted by Gasteiger charge is -2.41. The highest BCUT2D eigenvalue weighted by Crippen LogP contribution is 2.22. The molecule has 1 atom stereocenters. The zero-order chi connectivity index (χ0) is 9.90. The molecule has 0 saturated carbocycles. The van der Waals surface area contributed by atoms with Crippen LogP contribution in [0.2, 0.25) is 0 Å². The van der Waals surface area contributed by atoms with Crippen LogP contribution < -0.4 is 5.32 Å². The summed E-state index contributed by atoms with van der Waals surface area (Å²) in [5.74, 6) is 0. The second-order valence-electron chi connectivity index (χ2n) is 4.32. The Morgan fingerprint density at radius 1 is 1.46 bits per heavy atom. The maximum atomic E-state index is 3.84. The van der Waals surface area contributed by atoms with Gasteiger partial charge in [0.2, 0.25) is 0 Å². The molecule has 1 heterocycles. The van der Waals surface area contributed by atoms with Crippen LogP contribution in [0, 0.1) is 0 Å². The van der Waals surface area contributed by atoms with Gasteiger partial charge in [0.25, 0.3) is 0 Å². The van der Waals surface area contributed by atoms with E-state index < -0.39 is 0 Å². The second kappa shape index (κ2) is 4.25. The molecule has 0 aromatic rings. The molecule has 0 aliphatic carbocycles. The van der Waals surface area contributed by atoms with E-state index in [-0.39, 0.29) is 0 Å². The van der Waals surface area contributed by atoms with Gasteiger partial charge in [0.15, 0.2) is 0 Å². The average molecular weight is 182 g/mol. The van der Waals surface area contributed by atoms with Crippen LogP contribution in [0.15, 0.2) is 12.7 Å². The molecule has 1 N–H and O–H groups in total. The fraction of sp³-hybridized carbons (Fsp3) is 0.818. The van der Waals surface area contributed by atoms with Gasteiger partial charge in [-0.15, -0.1) is 6.58 Å². The molecule has 0 bridgehead atoms. The minimum atomic E-state index is 0.359. The van der Waals surface area contributed by atoms with Crippen LogP contribution in [0.4, 0.5) is 0 Å². The van der Waals surface area contributed by atoms with Crippen molar-refractivity contribution in [3.63, 3.8) is 0 Å². The normalized spacial score (nSPS) is 25.5. The molecule has 1 aliphatic rings. The highest BCUT2D eigenvalue weighted by molar-refractivity contribution is 4.93. The predicted octanol–water partition coefficient (Wildman–Crippen LogP) is 1.63. The van der Waals surface area contributed by atoms with Crippen molar-refractivity contribution in [1.29, 1.82) is 0 Å². The first kappa shape index (κ1) is 10.7. The van der Waals surface area contributed by atoms with Crippen molar-refractivity contribution in [3.05, 3.63) is 12.7 Å². The van der Waals surface area contributed by atoms with E-state index in [1.807, 2.05) is 6.08 Å². The van der Waals surface area contributed by atoms with Crippen molar-refractivity contribution in [1.82, 2.24) is 10.2 Å². The minimum absolute atomic E-state index is 0.359. The summed E-state index contributed by atoms with van der Waals surface area (Å²) in [5, 5.41) is 3.41. The first-order chi connectivity index (χ1) is 6.11. The first-order valence-corrected chi connectivity index (χ1v) is 5.17. The molecule has 13 heavy (non-hydrogen) atoms. The Morgan fingerprint density at radius 3 is 2.38 bits per heavy atom. The number of rotatable bonds is 3. The van der Waals surface area contributed by atoms with E-state index in [1.165, 1.54) is 25.9 Å². The standard InChI is InChI=1S/C11H22N2/c1-5-10(2)13-8-6-11(3,12-4)7-9-13/h5,10,12H,1,6-9H2,2-4H3. The number of hydrogen-bond donors (Lipinski definition) is 1. The zero-order valence-electron chi connectivity index (χ0n) is 9.14. The Bertz CT molecular complexity index is 169. The number of hydrogen-bond acceptors (Lipinski definition) is 2. The number of nitrogens with one attached hydrogen (secondary N) is 1. The summed E-state index contributed by atoms with van der Waals surface area (Å²) in [4.78, 5) is 2.49. The predicted molar refractivity (Wildman–Crippen MR) is 57.9 cm³/mol. The van der Waals surface area contributed by atoms with Crippen LogP contribution >= 0.6 is 0 Å². The monoisotopic (exact) mass is 182 g/mol. The van der Waals surface area contributed by atoms with E-state index >= 15 is 0 Å². The van der Waals surface area contributed by atoms with Crippen LogP contribution in [0.3, 0.4) is 0 Å². The lowest BCUT2D eigenvalue weighted by atomic mass is 9.89. The molecule has 0 aromatic heterocycles. The lowest BCUT2D eigenvalue weighted by molar-refractivity contribution is 0.135. The van der Waals surface area contributed by atoms with Gasteiger partial charge in [0, 0.05) is 24.7 Å². The fourth-order valence-electron chi connectivity index (χ4n) is 1.82. The molecule has 0 radical (unpaired) electrons. The Kier molecular flexibility index (Phi) is 3.51. The van der Waals surface area contributed by atoms with Gasteiger partial charge in [0.1, 0.15) is 0 Å². The van der Waals surface area contributed by atoms with E-state index in [9.17, 15) is 0 Å². The van der Waals surface area contributed by atoms with E-state index in [1.54, 1.807) is 0 Å². The molecule has 2 heteroatoms. The number of piperidine rings is 1. The van der Waals surface area contributed by atoms with Crippen molar-refractivity contribution in [2.45, 2.75) is 38.3 Å². The van der Waals surface area contributed by atoms with E-state index in [2.05, 4.69) is 37.7 Å². The number of likely N-dealkylation sites (tertiary alicyclic amines) is 1. The first-order valence-electron chi connectivity index (χ1n) is 5.17. The third-order valence-corrected chi connectivity index (χ3v) is 3.42. The van der Waals surface area contributed by atoms with Crippen LogP contribution in [0.1, 0.15) is 26.7 Å². The van der Waals surface area contributed by atoms with Crippen molar-refractivity contribution >= 4 is 0 Å². The SMILES string of the molecule is C=CC(C)N1CCC(C)(NC)CC1. The van der Waals surface area contributed by atoms with E-state index in [4.69, 9.17) is 0 Å². The van der Waals surface area contributed by atoms with Crippen molar-refractivity contribution in [2.24, 2.45) is 0 Å². The summed E-state index contributed by atoms with van der Waals surface area (Å²) in [6, 6.07) is 0.529. The van der Waals surface area contributed by atoms with Crippen molar-refractivity contribution < 1.29 is 0 Å². The minimum Gasteiger partial charge on any atom is -0.314 e. The van der Waals surface area contributed by atoms with Gasteiger partial charge >= 0.3 is 0 Å². The molecular weight excluding hydrogens is 160 g/mol. The van der Waals surface area contributed by atoms with Gasteiger partial charge in [-0.2, -0.15) is 0 Å². The van der Waals surface area contributed by atoms with E-state index in [0.29, 0.717) is 11.6 Å². The van der Waals surface area contributed by atoms with E-state index in [0.717, 1.165) is 0 Å². The quantitative estimate of drug-likeness (QED) is 0.667. The highest BCUT2D eigenvalue weighted by atomic mass is 15.2. The van der Waals surface area contributed by atoms with Gasteiger partial charge in [-0.1, -0.05) is 6.08 Å². The summed E-state index contributed by atoms with van der Waals surface area (Å²) < 4.78 is 0. The zero-order valence-corrected chi connectivity index (χ0v) is 9.14. The van der Waals surface area contributed by atoms with Crippen LogP contribution in [0.5, 0.6) is 0 Å². The van der Waals surface area contributed by atoms with Crippen LogP contribution in [0.25, 0.3) is 0 Å². The third kappa shape index (κ3) is 2.55. The maximum absolute atomic E-state index is 3.84. The molecular formula is C11H22N2. The summed E-state index contributed by atoms with van der Waals surface area (Å²) >= 11 is 0. The molecule has 76 valence electrons. The Labute approximate surface area is 82.0 Å². The molecule has 1 saturated heterocycles. The molecule has 1 aliphatic heterocycles. The summed E-state index contributed by atoms with van der Waals surface area (Å²) in [7, 11) is 2.06. The van der Waals surface area contributed by atoms with Gasteiger partial charge in [-0.3, -0.25) is 4.90 Å². The van der Waals surface area contributed by atoms with Crippen molar-refractivity contribution in [2.75, 3.05) is 20.1 Å². The van der Waals surface area contributed by atoms with Gasteiger partial charge in [-0.05, 0) is 33.7 Å². The molecule has 0 aromatic carbocycles. The molecule has 2 nitrogen and oxygen atoms in total. The van der Waals surface area contributed by atoms with Crippen LogP contribution in [-0.2, 0) is 0 Å². The van der Waals surface area contributed by atoms with Gasteiger partial charge in [0.05, 0.1) is 0 Å². The topological polar surface area (TPSA) is 15.3 Å². The van der Waals surface area contributed by atoms with Crippen LogP contribution in [-0.4, -0.2) is 36.6 Å². The summed E-state index contributed by atoms with van der Waals surface area (Å²) in [5.41, 5.74) is 0.359. The Balaban J connectivity index is 2.42. The maximum Gasteiger partial charge on any atom is 0.0247 e. The number of nitrogens with zero attached hydrogens (tertiary/aromatic N) is 1. The fourth-order valence-corrected chi connectivity index (χ4v) is 1.82. The third-order valence-electron chi connectivity index (χ3n) is 3.42. The largest absolute Gasteiger partial charge is 0.314 e. The lowest BCUT2D eigenvalue weighted by Crippen LogP contribution is -2.51. The molecule has 1 unspecified atom stereocenters. The summed E-state index contributed by atoms with van der Waals surface area (Å²) in [6.45, 7) is 10.7. The highest BCUT2D eigenvalue weighted by Gasteiger charge is 2.29. The molecule has 1 fully saturated rings. The average Bonchev–Trinajstić information content (AvgIpc) is 2.18. The van der Waals surface area contributed by atoms with Crippen molar-refractivity contribution in [3.8, 4) is 0 Å². The molecule has 0 spiro atoms. The smallest absolute Gasteiger partial charge is 0.0247 e. The molecule has 1 rings (SSSR count). The summed E-state index contributed by atoms with van der Waals surface area (Å²) in [6.07, 6.45) is 4.51. The Morgan fingerprint density at radius 2 is 2.00 bits per heavy atom.